The van der Waals surface area contributed by atoms with Crippen molar-refractivity contribution in [2.45, 2.75) is 19.2 Å². The van der Waals surface area contributed by atoms with E-state index in [1.807, 2.05) is 11.9 Å². The number of rotatable bonds is 4. The maximum Gasteiger partial charge on any atom is 0.172 e. The van der Waals surface area contributed by atoms with Crippen molar-refractivity contribution in [2.24, 2.45) is 4.99 Å². The maximum atomic E-state index is 11.4. The molecule has 9 nitrogen and oxygen atoms in total. The fraction of sp³-hybridized carbons (Fsp3) is 0.368. The number of piperazine rings is 1. The van der Waals surface area contributed by atoms with Gasteiger partial charge >= 0.3 is 0 Å². The first-order valence-corrected chi connectivity index (χ1v) is 11.5. The van der Waals surface area contributed by atoms with E-state index in [-0.39, 0.29) is 6.04 Å². The van der Waals surface area contributed by atoms with Crippen LogP contribution in [0.15, 0.2) is 29.0 Å². The van der Waals surface area contributed by atoms with Crippen molar-refractivity contribution in [3.63, 3.8) is 0 Å². The highest BCUT2D eigenvalue weighted by atomic mass is 35.5. The molecule has 0 bridgehead atoms. The summed E-state index contributed by atoms with van der Waals surface area (Å²) < 4.78 is 0. The quantitative estimate of drug-likeness (QED) is 0.525. The van der Waals surface area contributed by atoms with E-state index in [1.54, 1.807) is 17.6 Å². The van der Waals surface area contributed by atoms with Gasteiger partial charge in [-0.2, -0.15) is 0 Å². The molecule has 3 N–H and O–H groups in total. The van der Waals surface area contributed by atoms with Gasteiger partial charge in [0, 0.05) is 31.7 Å². The van der Waals surface area contributed by atoms with Gasteiger partial charge in [-0.05, 0) is 19.1 Å². The average Bonchev–Trinajstić information content (AvgIpc) is 3.26. The Kier molecular flexibility index (Phi) is 5.67. The zero-order valence-electron chi connectivity index (χ0n) is 16.6. The highest BCUT2D eigenvalue weighted by molar-refractivity contribution is 7.16. The van der Waals surface area contributed by atoms with Gasteiger partial charge in [0.15, 0.2) is 12.0 Å². The summed E-state index contributed by atoms with van der Waals surface area (Å²) in [6, 6.07) is 3.06. The van der Waals surface area contributed by atoms with Gasteiger partial charge in [-0.15, -0.1) is 11.3 Å². The van der Waals surface area contributed by atoms with Crippen LogP contribution in [0.5, 0.6) is 0 Å². The second kappa shape index (κ2) is 8.45. The van der Waals surface area contributed by atoms with E-state index < -0.39 is 6.23 Å². The van der Waals surface area contributed by atoms with Crippen LogP contribution in [-0.4, -0.2) is 68.1 Å². The molecule has 2 aliphatic heterocycles. The number of fused-ring (bicyclic) bond motifs is 2. The van der Waals surface area contributed by atoms with Gasteiger partial charge in [0.1, 0.15) is 22.5 Å². The number of thiazole rings is 1. The first-order chi connectivity index (χ1) is 15.0. The van der Waals surface area contributed by atoms with Crippen LogP contribution < -0.4 is 10.6 Å². The van der Waals surface area contributed by atoms with Gasteiger partial charge in [-0.1, -0.05) is 23.2 Å². The van der Waals surface area contributed by atoms with Crippen LogP contribution in [0.25, 0.3) is 10.3 Å². The molecule has 3 aromatic rings. The first kappa shape index (κ1) is 20.8. The maximum absolute atomic E-state index is 11.4. The molecule has 2 atom stereocenters. The Morgan fingerprint density at radius 3 is 2.77 bits per heavy atom. The van der Waals surface area contributed by atoms with E-state index in [9.17, 15) is 5.11 Å². The molecule has 0 radical (unpaired) electrons. The Hall–Kier alpha value is -2.08. The molecular weight excluding hydrogens is 459 g/mol. The number of hydrogen-bond donors (Lipinski definition) is 3. The molecule has 1 aromatic carbocycles. The monoisotopic (exact) mass is 478 g/mol. The third-order valence-electron chi connectivity index (χ3n) is 5.34. The number of halogens is 2. The number of aliphatic hydroxyl groups is 1. The molecule has 162 valence electrons. The van der Waals surface area contributed by atoms with E-state index in [0.717, 1.165) is 31.0 Å². The molecule has 1 unspecified atom stereocenters. The van der Waals surface area contributed by atoms with Crippen molar-refractivity contribution >= 4 is 62.2 Å². The molecule has 0 spiro atoms. The Bertz CT molecular complexity index is 1150. The Labute approximate surface area is 192 Å². The lowest BCUT2D eigenvalue weighted by Crippen LogP contribution is -2.59. The minimum atomic E-state index is -1.01. The van der Waals surface area contributed by atoms with Crippen molar-refractivity contribution in [2.75, 3.05) is 31.5 Å². The van der Waals surface area contributed by atoms with E-state index >= 15 is 0 Å². The Balaban J connectivity index is 1.57. The van der Waals surface area contributed by atoms with Gasteiger partial charge in [0.05, 0.1) is 27.3 Å². The highest BCUT2D eigenvalue weighted by Gasteiger charge is 2.38. The van der Waals surface area contributed by atoms with Crippen molar-refractivity contribution in [1.82, 2.24) is 30.3 Å². The van der Waals surface area contributed by atoms with Gasteiger partial charge in [0.2, 0.25) is 0 Å². The number of aliphatic hydroxyl groups excluding tert-OH is 1. The zero-order chi connectivity index (χ0) is 21.5. The summed E-state index contributed by atoms with van der Waals surface area (Å²) in [5, 5.41) is 22.8. The number of nitrogens with zero attached hydrogens (tertiary/aromatic N) is 6. The summed E-state index contributed by atoms with van der Waals surface area (Å²) in [6.07, 6.45) is 0.494. The molecule has 5 rings (SSSR count). The molecule has 4 heterocycles. The lowest BCUT2D eigenvalue weighted by atomic mass is 10.1. The van der Waals surface area contributed by atoms with Crippen molar-refractivity contribution in [3.05, 3.63) is 39.6 Å². The summed E-state index contributed by atoms with van der Waals surface area (Å²) in [5.74, 6) is 1.23. The highest BCUT2D eigenvalue weighted by Crippen LogP contribution is 2.43. The fourth-order valence-electron chi connectivity index (χ4n) is 3.86. The van der Waals surface area contributed by atoms with E-state index in [1.165, 1.54) is 17.7 Å². The van der Waals surface area contributed by atoms with Crippen LogP contribution in [0, 0.1) is 0 Å². The Morgan fingerprint density at radius 1 is 1.19 bits per heavy atom. The predicted octanol–water partition coefficient (Wildman–Crippen LogP) is 3.05. The minimum absolute atomic E-state index is 0.312. The Morgan fingerprint density at radius 2 is 1.97 bits per heavy atom. The van der Waals surface area contributed by atoms with Gasteiger partial charge in [-0.25, -0.2) is 25.0 Å². The molecule has 0 aliphatic carbocycles. The number of anilines is 1. The van der Waals surface area contributed by atoms with E-state index in [4.69, 9.17) is 28.2 Å². The van der Waals surface area contributed by atoms with E-state index in [0.29, 0.717) is 38.5 Å². The third-order valence-corrected chi connectivity index (χ3v) is 6.71. The number of hydrazine groups is 1. The summed E-state index contributed by atoms with van der Waals surface area (Å²) in [6.45, 7) is 5.02. The topological polar surface area (TPSA) is 102 Å². The normalized spacial score (nSPS) is 20.5. The van der Waals surface area contributed by atoms with Crippen molar-refractivity contribution in [3.8, 4) is 0 Å². The molecule has 2 aromatic heterocycles. The third kappa shape index (κ3) is 3.73. The minimum Gasteiger partial charge on any atom is -0.368 e. The average molecular weight is 479 g/mol. The molecular formula is C19H20Cl2N8OS. The fourth-order valence-corrected chi connectivity index (χ4v) is 4.95. The molecule has 31 heavy (non-hydrogen) atoms. The first-order valence-electron chi connectivity index (χ1n) is 9.84. The number of aliphatic imine (C=N–C) groups is 1. The van der Waals surface area contributed by atoms with Gasteiger partial charge in [-0.3, -0.25) is 5.01 Å². The van der Waals surface area contributed by atoms with Crippen LogP contribution in [0.3, 0.4) is 0 Å². The van der Waals surface area contributed by atoms with Crippen LogP contribution in [0.1, 0.15) is 18.7 Å². The lowest BCUT2D eigenvalue weighted by molar-refractivity contribution is -0.0965. The molecule has 2 aliphatic rings. The summed E-state index contributed by atoms with van der Waals surface area (Å²) in [4.78, 5) is 18.6. The summed E-state index contributed by atoms with van der Waals surface area (Å²) in [5.41, 5.74) is 3.43. The molecule has 12 heteroatoms. The summed E-state index contributed by atoms with van der Waals surface area (Å²) in [7, 11) is 0. The summed E-state index contributed by atoms with van der Waals surface area (Å²) >= 11 is 14.3. The number of hydrogen-bond acceptors (Lipinski definition) is 10. The van der Waals surface area contributed by atoms with Crippen molar-refractivity contribution < 1.29 is 5.11 Å². The SMILES string of the molecule is C[C@H](Nc1ncnc2scnc12)C1=Nc2c(Cl)ccc(Cl)c2C(O)N1N1CCNCC1. The largest absolute Gasteiger partial charge is 0.368 e. The molecule has 1 fully saturated rings. The smallest absolute Gasteiger partial charge is 0.172 e. The van der Waals surface area contributed by atoms with Crippen LogP contribution >= 0.6 is 34.5 Å². The van der Waals surface area contributed by atoms with E-state index in [2.05, 4.69) is 30.6 Å². The molecule has 1 saturated heterocycles. The number of nitrogens with one attached hydrogen (secondary N) is 2. The predicted molar refractivity (Wildman–Crippen MR) is 123 cm³/mol. The number of benzene rings is 1. The second-order valence-electron chi connectivity index (χ2n) is 7.28. The van der Waals surface area contributed by atoms with Crippen molar-refractivity contribution in [1.29, 1.82) is 0 Å². The van der Waals surface area contributed by atoms with Gasteiger partial charge < -0.3 is 15.7 Å². The standard InChI is InChI=1S/C19H20Cl2N8OS/c1-10(26-16-15-18(24-8-23-16)31-9-25-15)17-27-14-12(21)3-2-11(20)13(14)19(30)29(17)28-6-4-22-5-7-28/h2-3,8-10,19,22,30H,4-7H2,1H3,(H,23,24,26)/t10-,19?/m0/s1. The van der Waals surface area contributed by atoms with Crippen LogP contribution in [-0.2, 0) is 0 Å². The molecule has 0 saturated carbocycles. The number of aromatic nitrogens is 3. The van der Waals surface area contributed by atoms with Crippen LogP contribution in [0.2, 0.25) is 10.0 Å². The zero-order valence-corrected chi connectivity index (χ0v) is 18.9. The number of amidine groups is 1. The lowest BCUT2D eigenvalue weighted by Gasteiger charge is -2.45. The van der Waals surface area contributed by atoms with Gasteiger partial charge in [0.25, 0.3) is 0 Å². The molecule has 0 amide bonds. The second-order valence-corrected chi connectivity index (χ2v) is 8.93. The van der Waals surface area contributed by atoms with Crippen LogP contribution in [0.4, 0.5) is 11.5 Å².